The lowest BCUT2D eigenvalue weighted by Gasteiger charge is -2.26. The molecule has 0 unspecified atom stereocenters. The lowest BCUT2D eigenvalue weighted by Crippen LogP contribution is -2.39. The number of urea groups is 1. The molecule has 6 nitrogen and oxygen atoms in total. The number of amides is 2. The molecule has 1 rings (SSSR count). The Morgan fingerprint density at radius 3 is 2.59 bits per heavy atom. The summed E-state index contributed by atoms with van der Waals surface area (Å²) in [5, 5.41) is 2.41. The van der Waals surface area contributed by atoms with Gasteiger partial charge in [0.15, 0.2) is 5.69 Å². The van der Waals surface area contributed by atoms with Gasteiger partial charge in [0.05, 0.1) is 13.2 Å². The van der Waals surface area contributed by atoms with Crippen LogP contribution in [0, 0.1) is 5.92 Å². The summed E-state index contributed by atoms with van der Waals surface area (Å²) < 4.78 is 4.93. The number of hydrogen-bond donors (Lipinski definition) is 0. The minimum Gasteiger partial charge on any atom is -0.461 e. The molecule has 22 heavy (non-hydrogen) atoms. The highest BCUT2D eigenvalue weighted by Gasteiger charge is 2.19. The molecule has 0 N–H and O–H groups in total. The fourth-order valence-corrected chi connectivity index (χ4v) is 2.56. The molecule has 0 radical (unpaired) electrons. The molecule has 0 fully saturated rings. The number of hydrogen-bond acceptors (Lipinski definition) is 5. The van der Waals surface area contributed by atoms with Crippen LogP contribution in [0.15, 0.2) is 5.38 Å². The van der Waals surface area contributed by atoms with Gasteiger partial charge in [-0.25, -0.2) is 14.6 Å². The first-order valence-electron chi connectivity index (χ1n) is 7.42. The van der Waals surface area contributed by atoms with Gasteiger partial charge in [-0.3, -0.25) is 0 Å². The van der Waals surface area contributed by atoms with E-state index in [0.29, 0.717) is 31.3 Å². The first-order valence-corrected chi connectivity index (χ1v) is 8.30. The van der Waals surface area contributed by atoms with Crippen molar-refractivity contribution in [1.29, 1.82) is 0 Å². The zero-order valence-corrected chi connectivity index (χ0v) is 14.8. The third-order valence-electron chi connectivity index (χ3n) is 2.99. The van der Waals surface area contributed by atoms with Crippen molar-refractivity contribution >= 4 is 23.3 Å². The molecule has 1 aromatic rings. The van der Waals surface area contributed by atoms with E-state index in [2.05, 4.69) is 18.8 Å². The molecule has 0 saturated carbocycles. The van der Waals surface area contributed by atoms with E-state index in [0.717, 1.165) is 11.4 Å². The number of nitrogens with zero attached hydrogens (tertiary/aromatic N) is 3. The Morgan fingerprint density at radius 2 is 2.05 bits per heavy atom. The molecule has 0 aliphatic rings. The Morgan fingerprint density at radius 1 is 1.36 bits per heavy atom. The van der Waals surface area contributed by atoms with Crippen molar-refractivity contribution in [2.45, 2.75) is 33.7 Å². The average molecular weight is 327 g/mol. The highest BCUT2D eigenvalue weighted by atomic mass is 32.1. The van der Waals surface area contributed by atoms with Gasteiger partial charge < -0.3 is 14.5 Å². The molecule has 0 saturated heterocycles. The topological polar surface area (TPSA) is 62.7 Å². The van der Waals surface area contributed by atoms with Crippen LogP contribution in [0.2, 0.25) is 0 Å². The van der Waals surface area contributed by atoms with E-state index in [9.17, 15) is 9.59 Å². The van der Waals surface area contributed by atoms with Crippen LogP contribution < -0.4 is 0 Å². The van der Waals surface area contributed by atoms with Crippen molar-refractivity contribution < 1.29 is 14.3 Å². The number of aromatic nitrogens is 1. The Kier molecular flexibility index (Phi) is 7.31. The Hall–Kier alpha value is -1.63. The van der Waals surface area contributed by atoms with Crippen LogP contribution in [0.3, 0.4) is 0 Å². The van der Waals surface area contributed by atoms with Crippen molar-refractivity contribution in [2.75, 3.05) is 27.2 Å². The number of ether oxygens (including phenoxy) is 1. The molecule has 1 heterocycles. The molecule has 1 aromatic heterocycles. The maximum Gasteiger partial charge on any atom is 0.357 e. The molecule has 0 atom stereocenters. The third kappa shape index (κ3) is 5.63. The average Bonchev–Trinajstić information content (AvgIpc) is 2.91. The Bertz CT molecular complexity index is 500. The van der Waals surface area contributed by atoms with E-state index < -0.39 is 5.97 Å². The van der Waals surface area contributed by atoms with Crippen molar-refractivity contribution in [1.82, 2.24) is 14.8 Å². The second-order valence-corrected chi connectivity index (χ2v) is 6.57. The van der Waals surface area contributed by atoms with E-state index in [1.165, 1.54) is 11.3 Å². The second kappa shape index (κ2) is 8.73. The van der Waals surface area contributed by atoms with Gasteiger partial charge in [0.1, 0.15) is 5.01 Å². The van der Waals surface area contributed by atoms with Crippen LogP contribution in [0.25, 0.3) is 0 Å². The van der Waals surface area contributed by atoms with Gasteiger partial charge in [-0.15, -0.1) is 11.3 Å². The van der Waals surface area contributed by atoms with Crippen LogP contribution in [-0.4, -0.2) is 54.0 Å². The number of carbonyl (C=O) groups excluding carboxylic acids is 2. The highest BCUT2D eigenvalue weighted by molar-refractivity contribution is 7.09. The zero-order chi connectivity index (χ0) is 16.7. The molecule has 124 valence electrons. The minimum atomic E-state index is -0.419. The van der Waals surface area contributed by atoms with Crippen molar-refractivity contribution in [3.8, 4) is 0 Å². The summed E-state index contributed by atoms with van der Waals surface area (Å²) in [6, 6.07) is -0.0477. The summed E-state index contributed by atoms with van der Waals surface area (Å²) in [5.74, 6) is 0.0986. The van der Waals surface area contributed by atoms with Crippen molar-refractivity contribution in [3.63, 3.8) is 0 Å². The first kappa shape index (κ1) is 18.4. The molecule has 0 aromatic carbocycles. The fraction of sp³-hybridized carbons (Fsp3) is 0.667. The number of carbonyl (C=O) groups is 2. The lowest BCUT2D eigenvalue weighted by molar-refractivity contribution is 0.0520. The molecular weight excluding hydrogens is 302 g/mol. The molecule has 0 bridgehead atoms. The second-order valence-electron chi connectivity index (χ2n) is 5.63. The highest BCUT2D eigenvalue weighted by Crippen LogP contribution is 2.15. The van der Waals surface area contributed by atoms with Gasteiger partial charge in [0.25, 0.3) is 0 Å². The van der Waals surface area contributed by atoms with Gasteiger partial charge in [-0.2, -0.15) is 0 Å². The standard InChI is InChI=1S/C15H25N3O3S/c1-6-21-14(19)12-10-22-13(16-12)9-18(8-7-11(2)3)15(20)17(4)5/h10-11H,6-9H2,1-5H3. The zero-order valence-electron chi connectivity index (χ0n) is 14.0. The summed E-state index contributed by atoms with van der Waals surface area (Å²) in [5.41, 5.74) is 0.308. The largest absolute Gasteiger partial charge is 0.461 e. The van der Waals surface area contributed by atoms with Crippen LogP contribution >= 0.6 is 11.3 Å². The van der Waals surface area contributed by atoms with Gasteiger partial charge in [-0.05, 0) is 19.3 Å². The van der Waals surface area contributed by atoms with E-state index in [4.69, 9.17) is 4.74 Å². The maximum absolute atomic E-state index is 12.2. The third-order valence-corrected chi connectivity index (χ3v) is 3.83. The summed E-state index contributed by atoms with van der Waals surface area (Å²) in [4.78, 5) is 31.5. The number of esters is 1. The van der Waals surface area contributed by atoms with E-state index >= 15 is 0 Å². The maximum atomic E-state index is 12.2. The SMILES string of the molecule is CCOC(=O)c1csc(CN(CCC(C)C)C(=O)N(C)C)n1. The molecule has 0 aliphatic heterocycles. The minimum absolute atomic E-state index is 0.0477. The van der Waals surface area contributed by atoms with Gasteiger partial charge >= 0.3 is 12.0 Å². The Labute approximate surface area is 136 Å². The summed E-state index contributed by atoms with van der Waals surface area (Å²) in [6.45, 7) is 7.41. The molecule has 2 amide bonds. The normalized spacial score (nSPS) is 10.6. The predicted octanol–water partition coefficient (Wildman–Crippen LogP) is 2.85. The van der Waals surface area contributed by atoms with Crippen LogP contribution in [0.1, 0.15) is 42.7 Å². The fourth-order valence-electron chi connectivity index (χ4n) is 1.78. The van der Waals surface area contributed by atoms with E-state index in [1.807, 2.05) is 0 Å². The van der Waals surface area contributed by atoms with Gasteiger partial charge in [0.2, 0.25) is 0 Å². The van der Waals surface area contributed by atoms with Gasteiger partial charge in [0, 0.05) is 26.0 Å². The van der Waals surface area contributed by atoms with Crippen LogP contribution in [0.4, 0.5) is 4.79 Å². The van der Waals surface area contributed by atoms with Gasteiger partial charge in [-0.1, -0.05) is 13.8 Å². The summed E-state index contributed by atoms with van der Waals surface area (Å²) in [7, 11) is 3.47. The summed E-state index contributed by atoms with van der Waals surface area (Å²) in [6.07, 6.45) is 0.926. The monoisotopic (exact) mass is 327 g/mol. The molecule has 0 spiro atoms. The lowest BCUT2D eigenvalue weighted by atomic mass is 10.1. The molecular formula is C15H25N3O3S. The van der Waals surface area contributed by atoms with Crippen molar-refractivity contribution in [2.24, 2.45) is 5.92 Å². The molecule has 7 heteroatoms. The number of rotatable bonds is 7. The van der Waals surface area contributed by atoms with Crippen LogP contribution in [0.5, 0.6) is 0 Å². The first-order chi connectivity index (χ1) is 10.3. The predicted molar refractivity (Wildman–Crippen MR) is 87.0 cm³/mol. The van der Waals surface area contributed by atoms with Crippen molar-refractivity contribution in [3.05, 3.63) is 16.1 Å². The Balaban J connectivity index is 2.76. The number of thiazole rings is 1. The molecule has 0 aliphatic carbocycles. The van der Waals surface area contributed by atoms with Crippen LogP contribution in [-0.2, 0) is 11.3 Å². The van der Waals surface area contributed by atoms with E-state index in [-0.39, 0.29) is 6.03 Å². The quantitative estimate of drug-likeness (QED) is 0.723. The summed E-state index contributed by atoms with van der Waals surface area (Å²) >= 11 is 1.37. The smallest absolute Gasteiger partial charge is 0.357 e. The van der Waals surface area contributed by atoms with E-state index in [1.54, 1.807) is 36.2 Å².